The van der Waals surface area contributed by atoms with Crippen LogP contribution in [0.2, 0.25) is 5.02 Å². The number of hydrogen-bond acceptors (Lipinski definition) is 2. The molecule has 2 aromatic rings. The van der Waals surface area contributed by atoms with E-state index in [0.717, 1.165) is 40.3 Å². The van der Waals surface area contributed by atoms with Crippen LogP contribution in [0.1, 0.15) is 36.8 Å². The second-order valence-corrected chi connectivity index (χ2v) is 8.34. The SMILES string of the molecule is Cc1cnc(NC(=S)NCC2(c3ccc(Cl)cc3)CCCC2)c(Br)c1. The number of nitrogens with zero attached hydrogens (tertiary/aromatic N) is 1. The van der Waals surface area contributed by atoms with Gasteiger partial charge < -0.3 is 10.6 Å². The Morgan fingerprint density at radius 3 is 2.60 bits per heavy atom. The summed E-state index contributed by atoms with van der Waals surface area (Å²) in [7, 11) is 0. The van der Waals surface area contributed by atoms with Crippen molar-refractivity contribution in [2.75, 3.05) is 11.9 Å². The maximum atomic E-state index is 6.05. The molecule has 1 aromatic heterocycles. The van der Waals surface area contributed by atoms with E-state index in [0.29, 0.717) is 5.11 Å². The highest BCUT2D eigenvalue weighted by molar-refractivity contribution is 9.10. The van der Waals surface area contributed by atoms with Gasteiger partial charge in [-0.15, -0.1) is 0 Å². The van der Waals surface area contributed by atoms with Crippen LogP contribution in [-0.4, -0.2) is 16.6 Å². The van der Waals surface area contributed by atoms with Crippen LogP contribution >= 0.6 is 39.7 Å². The van der Waals surface area contributed by atoms with E-state index in [4.69, 9.17) is 23.8 Å². The molecule has 3 nitrogen and oxygen atoms in total. The third kappa shape index (κ3) is 4.52. The molecule has 132 valence electrons. The van der Waals surface area contributed by atoms with Gasteiger partial charge in [0, 0.05) is 23.2 Å². The predicted octanol–water partition coefficient (Wildman–Crippen LogP) is 5.60. The highest BCUT2D eigenvalue weighted by Gasteiger charge is 2.35. The molecule has 0 bridgehead atoms. The standard InChI is InChI=1S/C19H21BrClN3S/c1-13-10-16(20)17(22-11-13)24-18(25)23-12-19(8-2-3-9-19)14-4-6-15(21)7-5-14/h4-7,10-11H,2-3,8-9,12H2,1H3,(H2,22,23,24,25). The van der Waals surface area contributed by atoms with Crippen LogP contribution < -0.4 is 10.6 Å². The summed E-state index contributed by atoms with van der Waals surface area (Å²) in [6, 6.07) is 10.2. The first-order valence-corrected chi connectivity index (χ1v) is 9.99. The van der Waals surface area contributed by atoms with Crippen LogP contribution in [0.3, 0.4) is 0 Å². The van der Waals surface area contributed by atoms with Crippen LogP contribution in [0.15, 0.2) is 41.0 Å². The lowest BCUT2D eigenvalue weighted by Crippen LogP contribution is -2.40. The van der Waals surface area contributed by atoms with E-state index in [9.17, 15) is 0 Å². The summed E-state index contributed by atoms with van der Waals surface area (Å²) in [4.78, 5) is 4.38. The van der Waals surface area contributed by atoms with Gasteiger partial charge in [0.05, 0.1) is 4.47 Å². The number of thiocarbonyl (C=S) groups is 1. The van der Waals surface area contributed by atoms with Crippen molar-refractivity contribution >= 4 is 50.7 Å². The van der Waals surface area contributed by atoms with Crippen LogP contribution in [0.4, 0.5) is 5.82 Å². The fourth-order valence-electron chi connectivity index (χ4n) is 3.45. The normalized spacial score (nSPS) is 15.8. The van der Waals surface area contributed by atoms with Crippen molar-refractivity contribution in [3.8, 4) is 0 Å². The zero-order valence-corrected chi connectivity index (χ0v) is 17.3. The Kier molecular flexibility index (Phi) is 5.97. The topological polar surface area (TPSA) is 37.0 Å². The largest absolute Gasteiger partial charge is 0.362 e. The third-order valence-electron chi connectivity index (χ3n) is 4.81. The van der Waals surface area contributed by atoms with Crippen LogP contribution in [0.25, 0.3) is 0 Å². The van der Waals surface area contributed by atoms with Crippen molar-refractivity contribution in [2.45, 2.75) is 38.0 Å². The van der Waals surface area contributed by atoms with Crippen molar-refractivity contribution in [1.82, 2.24) is 10.3 Å². The molecule has 1 saturated carbocycles. The first-order valence-electron chi connectivity index (χ1n) is 8.42. The molecule has 2 N–H and O–H groups in total. The van der Waals surface area contributed by atoms with E-state index in [1.165, 1.54) is 18.4 Å². The minimum atomic E-state index is 0.119. The number of pyridine rings is 1. The second kappa shape index (κ2) is 8.02. The molecule has 0 radical (unpaired) electrons. The fourth-order valence-corrected chi connectivity index (χ4v) is 4.31. The zero-order valence-electron chi connectivity index (χ0n) is 14.1. The zero-order chi connectivity index (χ0) is 17.9. The van der Waals surface area contributed by atoms with Crippen LogP contribution in [-0.2, 0) is 5.41 Å². The average Bonchev–Trinajstić information content (AvgIpc) is 3.06. The van der Waals surface area contributed by atoms with Gasteiger partial charge in [-0.2, -0.15) is 0 Å². The van der Waals surface area contributed by atoms with E-state index in [1.54, 1.807) is 0 Å². The van der Waals surface area contributed by atoms with E-state index < -0.39 is 0 Å². The fraction of sp³-hybridized carbons (Fsp3) is 0.368. The molecule has 1 aromatic carbocycles. The molecule has 1 aliphatic rings. The smallest absolute Gasteiger partial charge is 0.172 e. The summed E-state index contributed by atoms with van der Waals surface area (Å²) in [5, 5.41) is 7.95. The van der Waals surface area contributed by atoms with Crippen molar-refractivity contribution in [3.63, 3.8) is 0 Å². The summed E-state index contributed by atoms with van der Waals surface area (Å²) in [5.74, 6) is 0.732. The number of aryl methyl sites for hydroxylation is 1. The van der Waals surface area contributed by atoms with E-state index in [1.807, 2.05) is 31.3 Å². The van der Waals surface area contributed by atoms with Crippen molar-refractivity contribution < 1.29 is 0 Å². The number of halogens is 2. The molecule has 1 aliphatic carbocycles. The monoisotopic (exact) mass is 437 g/mol. The summed E-state index contributed by atoms with van der Waals surface area (Å²) in [6.45, 7) is 2.82. The summed E-state index contributed by atoms with van der Waals surface area (Å²) < 4.78 is 0.907. The van der Waals surface area contributed by atoms with Gasteiger partial charge >= 0.3 is 0 Å². The minimum Gasteiger partial charge on any atom is -0.362 e. The van der Waals surface area contributed by atoms with Gasteiger partial charge in [0.2, 0.25) is 0 Å². The van der Waals surface area contributed by atoms with Crippen LogP contribution in [0.5, 0.6) is 0 Å². The van der Waals surface area contributed by atoms with E-state index >= 15 is 0 Å². The Morgan fingerprint density at radius 1 is 1.28 bits per heavy atom. The number of benzene rings is 1. The highest BCUT2D eigenvalue weighted by Crippen LogP contribution is 2.41. The molecule has 0 saturated heterocycles. The van der Waals surface area contributed by atoms with Crippen molar-refractivity contribution in [2.24, 2.45) is 0 Å². The molecule has 0 aliphatic heterocycles. The molecule has 0 unspecified atom stereocenters. The predicted molar refractivity (Wildman–Crippen MR) is 112 cm³/mol. The maximum Gasteiger partial charge on any atom is 0.172 e. The third-order valence-corrected chi connectivity index (χ3v) is 5.92. The molecule has 25 heavy (non-hydrogen) atoms. The Bertz CT molecular complexity index is 758. The molecule has 0 spiro atoms. The molecular weight excluding hydrogens is 418 g/mol. The molecule has 1 fully saturated rings. The molecule has 1 heterocycles. The van der Waals surface area contributed by atoms with Gasteiger partial charge in [0.15, 0.2) is 5.11 Å². The lowest BCUT2D eigenvalue weighted by molar-refractivity contribution is 0.435. The number of rotatable bonds is 4. The Hall–Kier alpha value is -1.17. The first-order chi connectivity index (χ1) is 12.0. The van der Waals surface area contributed by atoms with Gasteiger partial charge in [0.25, 0.3) is 0 Å². The quantitative estimate of drug-likeness (QED) is 0.609. The van der Waals surface area contributed by atoms with Gasteiger partial charge in [0.1, 0.15) is 5.82 Å². The average molecular weight is 439 g/mol. The number of anilines is 1. The molecule has 0 atom stereocenters. The Labute approximate surface area is 167 Å². The van der Waals surface area contributed by atoms with E-state index in [2.05, 4.69) is 43.7 Å². The number of hydrogen-bond donors (Lipinski definition) is 2. The minimum absolute atomic E-state index is 0.119. The Morgan fingerprint density at radius 2 is 1.96 bits per heavy atom. The molecule has 6 heteroatoms. The highest BCUT2D eigenvalue weighted by atomic mass is 79.9. The molecule has 0 amide bonds. The van der Waals surface area contributed by atoms with Gasteiger partial charge in [-0.05, 0) is 77.2 Å². The number of aromatic nitrogens is 1. The number of nitrogens with one attached hydrogen (secondary N) is 2. The second-order valence-electron chi connectivity index (χ2n) is 6.65. The summed E-state index contributed by atoms with van der Waals surface area (Å²) in [5.41, 5.74) is 2.55. The van der Waals surface area contributed by atoms with Gasteiger partial charge in [-0.1, -0.05) is 36.6 Å². The first kappa shape index (κ1) is 18.6. The van der Waals surface area contributed by atoms with Crippen LogP contribution in [0, 0.1) is 6.92 Å². The van der Waals surface area contributed by atoms with Crippen molar-refractivity contribution in [3.05, 3.63) is 57.2 Å². The summed E-state index contributed by atoms with van der Waals surface area (Å²) in [6.07, 6.45) is 6.64. The van der Waals surface area contributed by atoms with Gasteiger partial charge in [-0.3, -0.25) is 0 Å². The summed E-state index contributed by atoms with van der Waals surface area (Å²) >= 11 is 15.1. The maximum absolute atomic E-state index is 6.05. The lowest BCUT2D eigenvalue weighted by atomic mass is 9.79. The van der Waals surface area contributed by atoms with Gasteiger partial charge in [-0.25, -0.2) is 4.98 Å². The lowest BCUT2D eigenvalue weighted by Gasteiger charge is -2.30. The Balaban J connectivity index is 1.67. The molecule has 3 rings (SSSR count). The van der Waals surface area contributed by atoms with Crippen molar-refractivity contribution in [1.29, 1.82) is 0 Å². The molecular formula is C19H21BrClN3S. The van der Waals surface area contributed by atoms with E-state index in [-0.39, 0.29) is 5.41 Å².